The van der Waals surface area contributed by atoms with E-state index in [9.17, 15) is 0 Å². The van der Waals surface area contributed by atoms with Crippen LogP contribution in [0.25, 0.3) is 0 Å². The third kappa shape index (κ3) is 3.02. The standard InChI is InChI=1S/C15H25N3/c1-3-18(14-7-5-4-6-8-14)15-10-9-13(11-17-15)12(2)16/h9-12,14H,3-8,16H2,1-2H3/t12-/m0/s1. The average Bonchev–Trinajstić information content (AvgIpc) is 2.41. The molecule has 0 radical (unpaired) electrons. The molecule has 1 aliphatic rings. The zero-order valence-corrected chi connectivity index (χ0v) is 11.6. The Labute approximate surface area is 110 Å². The van der Waals surface area contributed by atoms with Gasteiger partial charge in [-0.2, -0.15) is 0 Å². The molecule has 1 saturated carbocycles. The molecule has 0 saturated heterocycles. The fourth-order valence-electron chi connectivity index (χ4n) is 2.84. The van der Waals surface area contributed by atoms with Crippen LogP contribution in [0, 0.1) is 0 Å². The minimum absolute atomic E-state index is 0.0660. The van der Waals surface area contributed by atoms with Crippen molar-refractivity contribution in [1.82, 2.24) is 4.98 Å². The van der Waals surface area contributed by atoms with Gasteiger partial charge in [-0.15, -0.1) is 0 Å². The molecule has 1 aliphatic carbocycles. The first-order valence-electron chi connectivity index (χ1n) is 7.20. The summed E-state index contributed by atoms with van der Waals surface area (Å²) in [5, 5.41) is 0. The molecule has 1 fully saturated rings. The summed E-state index contributed by atoms with van der Waals surface area (Å²) in [5.74, 6) is 1.11. The maximum atomic E-state index is 5.86. The molecular weight excluding hydrogens is 222 g/mol. The minimum atomic E-state index is 0.0660. The summed E-state index contributed by atoms with van der Waals surface area (Å²) in [6.07, 6.45) is 8.66. The predicted octanol–water partition coefficient (Wildman–Crippen LogP) is 3.26. The van der Waals surface area contributed by atoms with E-state index < -0.39 is 0 Å². The normalized spacial score (nSPS) is 18.6. The Kier molecular flexibility index (Phi) is 4.59. The zero-order chi connectivity index (χ0) is 13.0. The predicted molar refractivity (Wildman–Crippen MR) is 76.7 cm³/mol. The van der Waals surface area contributed by atoms with Crippen LogP contribution in [0.2, 0.25) is 0 Å². The van der Waals surface area contributed by atoms with Gasteiger partial charge >= 0.3 is 0 Å². The smallest absolute Gasteiger partial charge is 0.128 e. The molecule has 0 aromatic carbocycles. The number of anilines is 1. The molecule has 1 heterocycles. The SMILES string of the molecule is CCN(c1ccc([C@H](C)N)cn1)C1CCCCC1. The number of hydrogen-bond acceptors (Lipinski definition) is 3. The van der Waals surface area contributed by atoms with E-state index in [0.29, 0.717) is 6.04 Å². The largest absolute Gasteiger partial charge is 0.354 e. The molecule has 1 aromatic rings. The molecule has 3 nitrogen and oxygen atoms in total. The van der Waals surface area contributed by atoms with Crippen molar-refractivity contribution in [1.29, 1.82) is 0 Å². The van der Waals surface area contributed by atoms with Gasteiger partial charge < -0.3 is 10.6 Å². The summed E-state index contributed by atoms with van der Waals surface area (Å²) in [4.78, 5) is 7.04. The molecule has 1 atom stereocenters. The lowest BCUT2D eigenvalue weighted by molar-refractivity contribution is 0.416. The maximum absolute atomic E-state index is 5.86. The monoisotopic (exact) mass is 247 g/mol. The number of nitrogens with zero attached hydrogens (tertiary/aromatic N) is 2. The van der Waals surface area contributed by atoms with Crippen molar-refractivity contribution in [3.05, 3.63) is 23.9 Å². The molecule has 0 aliphatic heterocycles. The quantitative estimate of drug-likeness (QED) is 0.888. The van der Waals surface area contributed by atoms with Gasteiger partial charge in [0.25, 0.3) is 0 Å². The Hall–Kier alpha value is -1.09. The first kappa shape index (κ1) is 13.3. The summed E-state index contributed by atoms with van der Waals surface area (Å²) in [5.41, 5.74) is 6.97. The number of hydrogen-bond donors (Lipinski definition) is 1. The highest BCUT2D eigenvalue weighted by atomic mass is 15.2. The van der Waals surface area contributed by atoms with Crippen molar-refractivity contribution in [3.63, 3.8) is 0 Å². The average molecular weight is 247 g/mol. The minimum Gasteiger partial charge on any atom is -0.354 e. The van der Waals surface area contributed by atoms with Gasteiger partial charge in [0.2, 0.25) is 0 Å². The van der Waals surface area contributed by atoms with Crippen LogP contribution >= 0.6 is 0 Å². The molecule has 0 unspecified atom stereocenters. The van der Waals surface area contributed by atoms with E-state index in [1.54, 1.807) is 0 Å². The Morgan fingerprint density at radius 1 is 1.33 bits per heavy atom. The van der Waals surface area contributed by atoms with Gasteiger partial charge in [-0.3, -0.25) is 0 Å². The van der Waals surface area contributed by atoms with Gasteiger partial charge in [0.15, 0.2) is 0 Å². The lowest BCUT2D eigenvalue weighted by atomic mass is 9.94. The summed E-state index contributed by atoms with van der Waals surface area (Å²) in [6, 6.07) is 4.98. The van der Waals surface area contributed by atoms with Crippen LogP contribution in [0.3, 0.4) is 0 Å². The summed E-state index contributed by atoms with van der Waals surface area (Å²) in [6.45, 7) is 5.25. The highest BCUT2D eigenvalue weighted by Crippen LogP contribution is 2.26. The summed E-state index contributed by atoms with van der Waals surface area (Å²) >= 11 is 0. The fourth-order valence-corrected chi connectivity index (χ4v) is 2.84. The van der Waals surface area contributed by atoms with Crippen LogP contribution in [0.5, 0.6) is 0 Å². The second-order valence-corrected chi connectivity index (χ2v) is 5.32. The lowest BCUT2D eigenvalue weighted by Gasteiger charge is -2.34. The van der Waals surface area contributed by atoms with Gasteiger partial charge in [-0.05, 0) is 38.3 Å². The third-order valence-electron chi connectivity index (χ3n) is 3.95. The Morgan fingerprint density at radius 3 is 2.56 bits per heavy atom. The maximum Gasteiger partial charge on any atom is 0.128 e. The number of aromatic nitrogens is 1. The van der Waals surface area contributed by atoms with Gasteiger partial charge in [-0.25, -0.2) is 4.98 Å². The van der Waals surface area contributed by atoms with Crippen molar-refractivity contribution in [3.8, 4) is 0 Å². The second-order valence-electron chi connectivity index (χ2n) is 5.32. The van der Waals surface area contributed by atoms with E-state index in [4.69, 9.17) is 5.73 Å². The molecular formula is C15H25N3. The highest BCUT2D eigenvalue weighted by molar-refractivity contribution is 5.41. The summed E-state index contributed by atoms with van der Waals surface area (Å²) < 4.78 is 0. The molecule has 0 bridgehead atoms. The molecule has 0 amide bonds. The number of rotatable bonds is 4. The first-order chi connectivity index (χ1) is 8.72. The zero-order valence-electron chi connectivity index (χ0n) is 11.6. The molecule has 2 N–H and O–H groups in total. The van der Waals surface area contributed by atoms with Gasteiger partial charge in [0.05, 0.1) is 0 Å². The van der Waals surface area contributed by atoms with Crippen molar-refractivity contribution in [2.75, 3.05) is 11.4 Å². The van der Waals surface area contributed by atoms with Gasteiger partial charge in [-0.1, -0.05) is 25.3 Å². The fraction of sp³-hybridized carbons (Fsp3) is 0.667. The second kappa shape index (κ2) is 6.19. The topological polar surface area (TPSA) is 42.1 Å². The Bertz CT molecular complexity index is 353. The van der Waals surface area contributed by atoms with Crippen molar-refractivity contribution in [2.45, 2.75) is 58.0 Å². The molecule has 0 spiro atoms. The number of pyridine rings is 1. The van der Waals surface area contributed by atoms with Crippen LogP contribution in [0.15, 0.2) is 18.3 Å². The highest BCUT2D eigenvalue weighted by Gasteiger charge is 2.20. The summed E-state index contributed by atoms with van der Waals surface area (Å²) in [7, 11) is 0. The van der Waals surface area contributed by atoms with E-state index in [0.717, 1.165) is 17.9 Å². The van der Waals surface area contributed by atoms with E-state index >= 15 is 0 Å². The van der Waals surface area contributed by atoms with Crippen LogP contribution < -0.4 is 10.6 Å². The molecule has 100 valence electrons. The van der Waals surface area contributed by atoms with Crippen molar-refractivity contribution >= 4 is 5.82 Å². The van der Waals surface area contributed by atoms with Gasteiger partial charge in [0, 0.05) is 24.8 Å². The molecule has 18 heavy (non-hydrogen) atoms. The molecule has 3 heteroatoms. The number of nitrogens with two attached hydrogens (primary N) is 1. The van der Waals surface area contributed by atoms with Gasteiger partial charge in [0.1, 0.15) is 5.82 Å². The van der Waals surface area contributed by atoms with Crippen molar-refractivity contribution in [2.24, 2.45) is 5.73 Å². The first-order valence-corrected chi connectivity index (χ1v) is 7.20. The third-order valence-corrected chi connectivity index (χ3v) is 3.95. The van der Waals surface area contributed by atoms with Crippen LogP contribution in [0.4, 0.5) is 5.82 Å². The van der Waals surface area contributed by atoms with E-state index in [1.165, 1.54) is 32.1 Å². The van der Waals surface area contributed by atoms with Crippen LogP contribution in [0.1, 0.15) is 57.6 Å². The van der Waals surface area contributed by atoms with Crippen LogP contribution in [-0.2, 0) is 0 Å². The Balaban J connectivity index is 2.11. The Morgan fingerprint density at radius 2 is 2.06 bits per heavy atom. The van der Waals surface area contributed by atoms with E-state index in [2.05, 4.69) is 28.9 Å². The molecule has 2 rings (SSSR count). The molecule has 1 aromatic heterocycles. The van der Waals surface area contributed by atoms with Crippen LogP contribution in [-0.4, -0.2) is 17.6 Å². The lowest BCUT2D eigenvalue weighted by Crippen LogP contribution is -2.37. The van der Waals surface area contributed by atoms with E-state index in [-0.39, 0.29) is 6.04 Å². The van der Waals surface area contributed by atoms with Crippen molar-refractivity contribution < 1.29 is 0 Å². The van der Waals surface area contributed by atoms with E-state index in [1.807, 2.05) is 13.1 Å².